The molecule has 1 aliphatic carbocycles. The second-order valence-corrected chi connectivity index (χ2v) is 8.42. The highest BCUT2D eigenvalue weighted by molar-refractivity contribution is 5.53. The van der Waals surface area contributed by atoms with Gasteiger partial charge in [0, 0.05) is 12.6 Å². The number of carbonyl (C=O) groups is 1. The number of phenolic OH excluding ortho intramolecular Hbond substituents is 1. The SMILES string of the molecule is CCOc1c(C2CCC2)ccc([C@@H]2C[C@H](c3ccc(O)cc3)N(CC=O)C2)c1C. The number of hydrogen-bond donors (Lipinski definition) is 1. The molecule has 1 aliphatic heterocycles. The molecule has 0 aromatic heterocycles. The third kappa shape index (κ3) is 3.91. The van der Waals surface area contributed by atoms with Crippen LogP contribution in [0.1, 0.15) is 72.7 Å². The highest BCUT2D eigenvalue weighted by Gasteiger charge is 2.35. The van der Waals surface area contributed by atoms with Gasteiger partial charge in [-0.1, -0.05) is 30.7 Å². The first-order chi connectivity index (χ1) is 14.1. The predicted molar refractivity (Wildman–Crippen MR) is 115 cm³/mol. The van der Waals surface area contributed by atoms with Crippen LogP contribution < -0.4 is 4.74 Å². The number of phenols is 1. The lowest BCUT2D eigenvalue weighted by atomic mass is 9.78. The van der Waals surface area contributed by atoms with Crippen LogP contribution in [-0.2, 0) is 4.79 Å². The third-order valence-electron chi connectivity index (χ3n) is 6.74. The van der Waals surface area contributed by atoms with Crippen molar-refractivity contribution in [2.45, 2.75) is 57.4 Å². The summed E-state index contributed by atoms with van der Waals surface area (Å²) in [5.74, 6) is 2.37. The largest absolute Gasteiger partial charge is 0.508 e. The van der Waals surface area contributed by atoms with Gasteiger partial charge in [0.05, 0.1) is 13.2 Å². The van der Waals surface area contributed by atoms with Gasteiger partial charge in [0.15, 0.2) is 0 Å². The lowest BCUT2D eigenvalue weighted by Gasteiger charge is -2.29. The average Bonchev–Trinajstić information content (AvgIpc) is 3.08. The zero-order valence-electron chi connectivity index (χ0n) is 17.4. The quantitative estimate of drug-likeness (QED) is 0.665. The number of hydrogen-bond acceptors (Lipinski definition) is 4. The highest BCUT2D eigenvalue weighted by atomic mass is 16.5. The summed E-state index contributed by atoms with van der Waals surface area (Å²) in [4.78, 5) is 13.6. The van der Waals surface area contributed by atoms with Gasteiger partial charge in [0.25, 0.3) is 0 Å². The van der Waals surface area contributed by atoms with E-state index < -0.39 is 0 Å². The van der Waals surface area contributed by atoms with E-state index in [9.17, 15) is 9.90 Å². The Morgan fingerprint density at radius 2 is 1.83 bits per heavy atom. The van der Waals surface area contributed by atoms with Crippen LogP contribution in [0.5, 0.6) is 11.5 Å². The van der Waals surface area contributed by atoms with Crippen molar-refractivity contribution in [1.29, 1.82) is 0 Å². The van der Waals surface area contributed by atoms with Gasteiger partial charge >= 0.3 is 0 Å². The lowest BCUT2D eigenvalue weighted by Crippen LogP contribution is -2.25. The Bertz CT molecular complexity index is 857. The summed E-state index contributed by atoms with van der Waals surface area (Å²) in [6, 6.07) is 12.2. The molecule has 1 N–H and O–H groups in total. The average molecular weight is 394 g/mol. The van der Waals surface area contributed by atoms with Gasteiger partial charge in [-0.05, 0) is 79.3 Å². The van der Waals surface area contributed by atoms with Gasteiger partial charge in [0.1, 0.15) is 17.8 Å². The molecule has 29 heavy (non-hydrogen) atoms. The zero-order valence-corrected chi connectivity index (χ0v) is 17.4. The minimum absolute atomic E-state index is 0.187. The summed E-state index contributed by atoms with van der Waals surface area (Å²) < 4.78 is 6.13. The number of nitrogens with zero attached hydrogens (tertiary/aromatic N) is 1. The van der Waals surface area contributed by atoms with Gasteiger partial charge in [-0.2, -0.15) is 0 Å². The molecule has 0 amide bonds. The standard InChI is InChI=1S/C25H31NO3/c1-3-29-25-17(2)22(11-12-23(25)18-5-4-6-18)20-15-24(26(16-20)13-14-27)19-7-9-21(28)10-8-19/h7-12,14,18,20,24,28H,3-6,13,15-16H2,1-2H3/t20-,24-/m1/s1. The molecule has 0 radical (unpaired) electrons. The van der Waals surface area contributed by atoms with Crippen molar-refractivity contribution >= 4 is 6.29 Å². The van der Waals surface area contributed by atoms with Crippen LogP contribution in [0.15, 0.2) is 36.4 Å². The van der Waals surface area contributed by atoms with E-state index in [-0.39, 0.29) is 11.8 Å². The maximum Gasteiger partial charge on any atom is 0.134 e. The summed E-state index contributed by atoms with van der Waals surface area (Å²) in [6.45, 7) is 6.22. The molecule has 0 spiro atoms. The van der Waals surface area contributed by atoms with Crippen molar-refractivity contribution in [2.75, 3.05) is 19.7 Å². The van der Waals surface area contributed by atoms with E-state index >= 15 is 0 Å². The first-order valence-corrected chi connectivity index (χ1v) is 10.8. The van der Waals surface area contributed by atoms with Crippen LogP contribution in [0.3, 0.4) is 0 Å². The summed E-state index contributed by atoms with van der Waals surface area (Å²) in [6.07, 6.45) is 5.80. The maximum atomic E-state index is 11.3. The summed E-state index contributed by atoms with van der Waals surface area (Å²) in [5, 5.41) is 9.63. The Kier molecular flexibility index (Phi) is 5.91. The molecule has 2 fully saturated rings. The van der Waals surface area contributed by atoms with Crippen molar-refractivity contribution in [1.82, 2.24) is 4.90 Å². The molecular formula is C25H31NO3. The number of aromatic hydroxyl groups is 1. The summed E-state index contributed by atoms with van der Waals surface area (Å²) in [7, 11) is 0. The van der Waals surface area contributed by atoms with Crippen molar-refractivity contribution in [3.05, 3.63) is 58.7 Å². The summed E-state index contributed by atoms with van der Waals surface area (Å²) in [5.41, 5.74) is 5.13. The minimum atomic E-state index is 0.187. The molecule has 2 aliphatic rings. The smallest absolute Gasteiger partial charge is 0.134 e. The van der Waals surface area contributed by atoms with E-state index in [1.807, 2.05) is 12.1 Å². The van der Waals surface area contributed by atoms with E-state index in [4.69, 9.17) is 4.74 Å². The first kappa shape index (κ1) is 20.0. The molecule has 4 nitrogen and oxygen atoms in total. The number of aldehydes is 1. The molecular weight excluding hydrogens is 362 g/mol. The second kappa shape index (κ2) is 8.58. The Morgan fingerprint density at radius 3 is 2.45 bits per heavy atom. The Labute approximate surface area is 173 Å². The first-order valence-electron chi connectivity index (χ1n) is 10.8. The van der Waals surface area contributed by atoms with Crippen LogP contribution >= 0.6 is 0 Å². The molecule has 4 heteroatoms. The second-order valence-electron chi connectivity index (χ2n) is 8.42. The molecule has 1 saturated carbocycles. The lowest BCUT2D eigenvalue weighted by molar-refractivity contribution is -0.109. The topological polar surface area (TPSA) is 49.8 Å². The monoisotopic (exact) mass is 393 g/mol. The molecule has 0 bridgehead atoms. The third-order valence-corrected chi connectivity index (χ3v) is 6.74. The Hall–Kier alpha value is -2.33. The highest BCUT2D eigenvalue weighted by Crippen LogP contribution is 2.47. The number of ether oxygens (including phenoxy) is 1. The zero-order chi connectivity index (χ0) is 20.4. The van der Waals surface area contributed by atoms with Crippen LogP contribution in [0.25, 0.3) is 0 Å². The van der Waals surface area contributed by atoms with Crippen LogP contribution in [0.2, 0.25) is 0 Å². The fourth-order valence-corrected chi connectivity index (χ4v) is 5.02. The van der Waals surface area contributed by atoms with Gasteiger partial charge in [-0.15, -0.1) is 0 Å². The number of likely N-dealkylation sites (tertiary alicyclic amines) is 1. The van der Waals surface area contributed by atoms with Crippen LogP contribution in [0.4, 0.5) is 0 Å². The number of carbonyl (C=O) groups excluding carboxylic acids is 1. The van der Waals surface area contributed by atoms with E-state index in [0.29, 0.717) is 25.0 Å². The molecule has 2 aromatic rings. The molecule has 2 atom stereocenters. The van der Waals surface area contributed by atoms with E-state index in [1.54, 1.807) is 12.1 Å². The molecule has 0 unspecified atom stereocenters. The van der Waals surface area contributed by atoms with Gasteiger partial charge < -0.3 is 14.6 Å². The van der Waals surface area contributed by atoms with Crippen LogP contribution in [0, 0.1) is 6.92 Å². The molecule has 2 aromatic carbocycles. The van der Waals surface area contributed by atoms with E-state index in [1.165, 1.54) is 36.0 Å². The Balaban J connectivity index is 1.64. The van der Waals surface area contributed by atoms with Gasteiger partial charge in [-0.25, -0.2) is 0 Å². The molecule has 154 valence electrons. The van der Waals surface area contributed by atoms with Crippen molar-refractivity contribution in [2.24, 2.45) is 0 Å². The predicted octanol–water partition coefficient (Wildman–Crippen LogP) is 5.10. The minimum Gasteiger partial charge on any atom is -0.508 e. The normalized spacial score (nSPS) is 22.4. The number of rotatable bonds is 7. The van der Waals surface area contributed by atoms with Gasteiger partial charge in [0.2, 0.25) is 0 Å². The fraction of sp³-hybridized carbons (Fsp3) is 0.480. The molecule has 1 saturated heterocycles. The maximum absolute atomic E-state index is 11.3. The van der Waals surface area contributed by atoms with Crippen LogP contribution in [-0.4, -0.2) is 36.0 Å². The fourth-order valence-electron chi connectivity index (χ4n) is 5.02. The van der Waals surface area contributed by atoms with E-state index in [2.05, 4.69) is 30.9 Å². The van der Waals surface area contributed by atoms with Crippen molar-refractivity contribution in [3.63, 3.8) is 0 Å². The Morgan fingerprint density at radius 1 is 1.10 bits per heavy atom. The molecule has 1 heterocycles. The van der Waals surface area contributed by atoms with E-state index in [0.717, 1.165) is 30.6 Å². The van der Waals surface area contributed by atoms with Crippen molar-refractivity contribution < 1.29 is 14.6 Å². The summed E-state index contributed by atoms with van der Waals surface area (Å²) >= 11 is 0. The van der Waals surface area contributed by atoms with Crippen molar-refractivity contribution in [3.8, 4) is 11.5 Å². The molecule has 4 rings (SSSR count). The number of benzene rings is 2. The van der Waals surface area contributed by atoms with Gasteiger partial charge in [-0.3, -0.25) is 4.90 Å².